The van der Waals surface area contributed by atoms with Crippen LogP contribution in [0.15, 0.2) is 54.3 Å². The van der Waals surface area contributed by atoms with Gasteiger partial charge >= 0.3 is 0 Å². The van der Waals surface area contributed by atoms with Crippen molar-refractivity contribution >= 4 is 35.1 Å². The van der Waals surface area contributed by atoms with Crippen LogP contribution in [0.25, 0.3) is 6.08 Å². The van der Waals surface area contributed by atoms with Gasteiger partial charge in [-0.3, -0.25) is 9.69 Å². The number of carbonyl (C=O) groups is 1. The Labute approximate surface area is 201 Å². The van der Waals surface area contributed by atoms with Gasteiger partial charge in [0.2, 0.25) is 5.78 Å². The second-order valence-corrected chi connectivity index (χ2v) is 8.99. The highest BCUT2D eigenvalue weighted by Gasteiger charge is 2.35. The van der Waals surface area contributed by atoms with Crippen LogP contribution < -0.4 is 9.47 Å². The van der Waals surface area contributed by atoms with Gasteiger partial charge in [0.25, 0.3) is 0 Å². The van der Waals surface area contributed by atoms with Gasteiger partial charge in [-0.25, -0.2) is 4.39 Å². The van der Waals surface area contributed by atoms with Gasteiger partial charge in [0.1, 0.15) is 24.0 Å². The van der Waals surface area contributed by atoms with Crippen molar-refractivity contribution in [1.29, 1.82) is 0 Å². The molecule has 0 fully saturated rings. The summed E-state index contributed by atoms with van der Waals surface area (Å²) in [5, 5.41) is 1.24. The van der Waals surface area contributed by atoms with Crippen LogP contribution >= 0.6 is 23.2 Å². The van der Waals surface area contributed by atoms with Crippen LogP contribution in [0.5, 0.6) is 11.5 Å². The minimum Gasteiger partial charge on any atom is -0.478 e. The summed E-state index contributed by atoms with van der Waals surface area (Å²) in [6, 6.07) is 13.6. The van der Waals surface area contributed by atoms with E-state index in [0.717, 1.165) is 23.1 Å². The van der Waals surface area contributed by atoms with Crippen molar-refractivity contribution in [2.75, 3.05) is 13.3 Å². The smallest absolute Gasteiger partial charge is 0.232 e. The third-order valence-electron chi connectivity index (χ3n) is 5.89. The van der Waals surface area contributed by atoms with Crippen molar-refractivity contribution < 1.29 is 18.7 Å². The van der Waals surface area contributed by atoms with Crippen LogP contribution in [0.3, 0.4) is 0 Å². The van der Waals surface area contributed by atoms with Gasteiger partial charge in [0, 0.05) is 28.7 Å². The van der Waals surface area contributed by atoms with Crippen molar-refractivity contribution in [3.05, 3.63) is 98.0 Å². The van der Waals surface area contributed by atoms with Gasteiger partial charge in [0.05, 0.1) is 11.1 Å². The van der Waals surface area contributed by atoms with Crippen molar-refractivity contribution in [3.8, 4) is 11.5 Å². The largest absolute Gasteiger partial charge is 0.478 e. The zero-order chi connectivity index (χ0) is 23.1. The molecule has 7 heteroatoms. The summed E-state index contributed by atoms with van der Waals surface area (Å²) in [6.45, 7) is 3.53. The molecule has 33 heavy (non-hydrogen) atoms. The SMILES string of the molecule is Cc1cc2c(c3c1C(=O)/C(=C\c1ccccc1F)O3)CN(CCc1ccc(Cl)cc1Cl)CO2. The van der Waals surface area contributed by atoms with Gasteiger partial charge in [-0.05, 0) is 54.8 Å². The quantitative estimate of drug-likeness (QED) is 0.399. The van der Waals surface area contributed by atoms with E-state index in [4.69, 9.17) is 32.7 Å². The fraction of sp³-hybridized carbons (Fsp3) is 0.192. The number of hydrogen-bond acceptors (Lipinski definition) is 4. The van der Waals surface area contributed by atoms with E-state index in [2.05, 4.69) is 4.90 Å². The Morgan fingerprint density at radius 3 is 2.76 bits per heavy atom. The van der Waals surface area contributed by atoms with Gasteiger partial charge in [-0.2, -0.15) is 0 Å². The normalized spacial score (nSPS) is 16.4. The minimum absolute atomic E-state index is 0.108. The lowest BCUT2D eigenvalue weighted by Gasteiger charge is -2.30. The lowest BCUT2D eigenvalue weighted by Crippen LogP contribution is -2.34. The van der Waals surface area contributed by atoms with Gasteiger partial charge < -0.3 is 9.47 Å². The molecule has 0 saturated carbocycles. The molecule has 0 spiro atoms. The molecule has 168 valence electrons. The summed E-state index contributed by atoms with van der Waals surface area (Å²) in [7, 11) is 0. The maximum atomic E-state index is 14.1. The molecule has 3 aromatic rings. The van der Waals surface area contributed by atoms with Crippen LogP contribution in [-0.2, 0) is 13.0 Å². The number of ketones is 1. The molecule has 0 aromatic heterocycles. The van der Waals surface area contributed by atoms with Crippen LogP contribution in [0.4, 0.5) is 4.39 Å². The fourth-order valence-electron chi connectivity index (χ4n) is 4.16. The molecule has 2 aliphatic rings. The van der Waals surface area contributed by atoms with Crippen LogP contribution in [0.2, 0.25) is 10.0 Å². The standard InChI is InChI=1S/C26H20Cl2FNO3/c1-15-10-22-19(13-30(14-32-22)9-8-16-6-7-18(27)12-20(16)28)26-24(15)25(31)23(33-26)11-17-4-2-3-5-21(17)29/h2-7,10-12H,8-9,13-14H2,1H3/b23-11+. The average molecular weight is 484 g/mol. The highest BCUT2D eigenvalue weighted by atomic mass is 35.5. The van der Waals surface area contributed by atoms with Crippen molar-refractivity contribution in [2.24, 2.45) is 0 Å². The van der Waals surface area contributed by atoms with E-state index in [1.165, 1.54) is 12.1 Å². The molecule has 0 unspecified atom stereocenters. The van der Waals surface area contributed by atoms with E-state index in [-0.39, 0.29) is 11.5 Å². The Bertz CT molecular complexity index is 1300. The maximum Gasteiger partial charge on any atom is 0.232 e. The Morgan fingerprint density at radius 2 is 1.97 bits per heavy atom. The monoisotopic (exact) mass is 483 g/mol. The summed E-state index contributed by atoms with van der Waals surface area (Å²) in [5.41, 5.74) is 3.39. The predicted molar refractivity (Wildman–Crippen MR) is 127 cm³/mol. The molecule has 4 nitrogen and oxygen atoms in total. The van der Waals surface area contributed by atoms with Crippen LogP contribution in [0.1, 0.15) is 32.6 Å². The molecule has 5 rings (SSSR count). The summed E-state index contributed by atoms with van der Waals surface area (Å²) in [4.78, 5) is 15.2. The van der Waals surface area contributed by atoms with E-state index < -0.39 is 5.82 Å². The Kier molecular flexibility index (Phi) is 5.87. The number of nitrogens with zero attached hydrogens (tertiary/aromatic N) is 1. The topological polar surface area (TPSA) is 38.8 Å². The number of halogens is 3. The lowest BCUT2D eigenvalue weighted by molar-refractivity contribution is 0.0949. The van der Waals surface area contributed by atoms with E-state index in [0.29, 0.717) is 52.5 Å². The summed E-state index contributed by atoms with van der Waals surface area (Å²) < 4.78 is 26.1. The molecule has 0 aliphatic carbocycles. The molecule has 0 N–H and O–H groups in total. The van der Waals surface area contributed by atoms with E-state index in [1.54, 1.807) is 24.3 Å². The first kappa shape index (κ1) is 22.0. The van der Waals surface area contributed by atoms with Gasteiger partial charge in [0.15, 0.2) is 5.76 Å². The molecule has 0 radical (unpaired) electrons. The van der Waals surface area contributed by atoms with E-state index >= 15 is 0 Å². The number of hydrogen-bond donors (Lipinski definition) is 0. The maximum absolute atomic E-state index is 14.1. The van der Waals surface area contributed by atoms with Gasteiger partial charge in [-0.15, -0.1) is 0 Å². The summed E-state index contributed by atoms with van der Waals surface area (Å²) in [6.07, 6.45) is 2.18. The number of rotatable bonds is 4. The van der Waals surface area contributed by atoms with E-state index in [1.807, 2.05) is 25.1 Å². The Balaban J connectivity index is 1.40. The Hall–Kier alpha value is -2.86. The molecule has 2 aliphatic heterocycles. The second kappa shape index (κ2) is 8.82. The first-order chi connectivity index (χ1) is 15.9. The van der Waals surface area contributed by atoms with Crippen LogP contribution in [-0.4, -0.2) is 24.0 Å². The molecular weight excluding hydrogens is 464 g/mol. The molecular formula is C26H20Cl2FNO3. The predicted octanol–water partition coefficient (Wildman–Crippen LogP) is 6.45. The number of ether oxygens (including phenoxy) is 2. The summed E-state index contributed by atoms with van der Waals surface area (Å²) >= 11 is 12.3. The van der Waals surface area contributed by atoms with Crippen molar-refractivity contribution in [3.63, 3.8) is 0 Å². The number of Topliss-reactive ketones (excluding diaryl/α,β-unsaturated/α-hetero) is 1. The highest BCUT2D eigenvalue weighted by molar-refractivity contribution is 6.35. The first-order valence-corrected chi connectivity index (χ1v) is 11.3. The number of aryl methyl sites for hydroxylation is 1. The number of carbonyl (C=O) groups excluding carboxylic acids is 1. The fourth-order valence-corrected chi connectivity index (χ4v) is 4.66. The number of allylic oxidation sites excluding steroid dienone is 1. The molecule has 0 atom stereocenters. The zero-order valence-corrected chi connectivity index (χ0v) is 19.3. The van der Waals surface area contributed by atoms with Crippen LogP contribution in [0, 0.1) is 12.7 Å². The molecule has 3 aromatic carbocycles. The van der Waals surface area contributed by atoms with Crippen molar-refractivity contribution in [1.82, 2.24) is 4.90 Å². The molecule has 0 bridgehead atoms. The Morgan fingerprint density at radius 1 is 1.15 bits per heavy atom. The lowest BCUT2D eigenvalue weighted by atomic mass is 9.98. The highest BCUT2D eigenvalue weighted by Crippen LogP contribution is 2.44. The number of fused-ring (bicyclic) bond motifs is 3. The zero-order valence-electron chi connectivity index (χ0n) is 17.8. The third kappa shape index (κ3) is 4.24. The molecule has 0 amide bonds. The summed E-state index contributed by atoms with van der Waals surface area (Å²) in [5.74, 6) is 0.639. The van der Waals surface area contributed by atoms with Gasteiger partial charge in [-0.1, -0.05) is 47.5 Å². The number of benzene rings is 3. The third-order valence-corrected chi connectivity index (χ3v) is 6.48. The van der Waals surface area contributed by atoms with Crippen molar-refractivity contribution in [2.45, 2.75) is 19.9 Å². The average Bonchev–Trinajstić information content (AvgIpc) is 3.12. The molecule has 0 saturated heterocycles. The minimum atomic E-state index is -0.411. The second-order valence-electron chi connectivity index (χ2n) is 8.15. The van der Waals surface area contributed by atoms with E-state index in [9.17, 15) is 9.18 Å². The molecule has 2 heterocycles. The first-order valence-electron chi connectivity index (χ1n) is 10.5.